The summed E-state index contributed by atoms with van der Waals surface area (Å²) in [6.45, 7) is 3.40. The third-order valence-corrected chi connectivity index (χ3v) is 3.66. The zero-order chi connectivity index (χ0) is 13.0. The van der Waals surface area contributed by atoms with Gasteiger partial charge in [-0.2, -0.15) is 0 Å². The zero-order valence-electron chi connectivity index (χ0n) is 10.0. The van der Waals surface area contributed by atoms with Crippen molar-refractivity contribution in [2.24, 2.45) is 0 Å². The van der Waals surface area contributed by atoms with Gasteiger partial charge in [-0.05, 0) is 28.9 Å². The van der Waals surface area contributed by atoms with Crippen LogP contribution in [0.5, 0.6) is 0 Å². The molecule has 0 bridgehead atoms. The molecular formula is C12H14BrN3OS. The molecule has 0 aliphatic heterocycles. The maximum atomic E-state index is 12.0. The molecule has 1 N–H and O–H groups in total. The van der Waals surface area contributed by atoms with Crippen LogP contribution >= 0.6 is 27.3 Å². The molecule has 0 aromatic carbocycles. The van der Waals surface area contributed by atoms with Crippen LogP contribution in [0.2, 0.25) is 0 Å². The summed E-state index contributed by atoms with van der Waals surface area (Å²) in [6.07, 6.45) is 2.68. The highest BCUT2D eigenvalue weighted by molar-refractivity contribution is 9.10. The summed E-state index contributed by atoms with van der Waals surface area (Å²) in [4.78, 5) is 16.2. The van der Waals surface area contributed by atoms with Gasteiger partial charge in [0.25, 0.3) is 5.91 Å². The molecule has 0 unspecified atom stereocenters. The lowest BCUT2D eigenvalue weighted by atomic mass is 10.3. The van der Waals surface area contributed by atoms with Gasteiger partial charge in [-0.1, -0.05) is 0 Å². The van der Waals surface area contributed by atoms with Gasteiger partial charge in [-0.25, -0.2) is 4.98 Å². The quantitative estimate of drug-likeness (QED) is 0.917. The number of aromatic nitrogens is 2. The molecule has 1 amide bonds. The average molecular weight is 328 g/mol. The molecule has 0 spiro atoms. The van der Waals surface area contributed by atoms with Crippen LogP contribution in [0.15, 0.2) is 27.6 Å². The predicted octanol–water partition coefficient (Wildman–Crippen LogP) is 2.70. The molecule has 0 aliphatic carbocycles. The maximum Gasteiger partial charge on any atom is 0.267 e. The van der Waals surface area contributed by atoms with E-state index in [0.717, 1.165) is 23.1 Å². The minimum absolute atomic E-state index is 0.0437. The van der Waals surface area contributed by atoms with Crippen LogP contribution < -0.4 is 5.32 Å². The van der Waals surface area contributed by atoms with E-state index in [1.54, 1.807) is 16.8 Å². The Hall–Kier alpha value is -1.14. The first kappa shape index (κ1) is 13.3. The molecule has 6 heteroatoms. The van der Waals surface area contributed by atoms with Gasteiger partial charge < -0.3 is 9.88 Å². The van der Waals surface area contributed by atoms with Crippen LogP contribution in [0.1, 0.15) is 23.1 Å². The van der Waals surface area contributed by atoms with E-state index in [2.05, 4.69) is 26.2 Å². The zero-order valence-corrected chi connectivity index (χ0v) is 12.4. The molecule has 0 radical (unpaired) electrons. The van der Waals surface area contributed by atoms with Gasteiger partial charge in [0.1, 0.15) is 5.69 Å². The molecule has 0 atom stereocenters. The standard InChI is InChI=1S/C12H14BrN3OS/c1-2-16-6-9(13)5-11(16)12(17)14-4-3-10-7-18-8-15-10/h5-8H,2-4H2,1H3,(H,14,17). The molecule has 2 aromatic heterocycles. The van der Waals surface area contributed by atoms with Gasteiger partial charge in [-0.15, -0.1) is 11.3 Å². The van der Waals surface area contributed by atoms with Crippen LogP contribution in [-0.4, -0.2) is 22.0 Å². The predicted molar refractivity (Wildman–Crippen MR) is 76.0 cm³/mol. The molecule has 2 rings (SSSR count). The lowest BCUT2D eigenvalue weighted by Gasteiger charge is -2.06. The first-order valence-electron chi connectivity index (χ1n) is 5.71. The second kappa shape index (κ2) is 6.15. The monoisotopic (exact) mass is 327 g/mol. The molecule has 2 aromatic rings. The number of rotatable bonds is 5. The fraction of sp³-hybridized carbons (Fsp3) is 0.333. The summed E-state index contributed by atoms with van der Waals surface area (Å²) in [5, 5.41) is 4.91. The van der Waals surface area contributed by atoms with Crippen molar-refractivity contribution in [3.63, 3.8) is 0 Å². The van der Waals surface area contributed by atoms with Crippen molar-refractivity contribution in [2.45, 2.75) is 19.9 Å². The summed E-state index contributed by atoms with van der Waals surface area (Å²) in [5.74, 6) is -0.0437. The Labute approximate surface area is 118 Å². The fourth-order valence-corrected chi connectivity index (χ4v) is 2.74. The van der Waals surface area contributed by atoms with E-state index in [1.807, 2.05) is 29.1 Å². The summed E-state index contributed by atoms with van der Waals surface area (Å²) < 4.78 is 2.84. The normalized spacial score (nSPS) is 10.6. The minimum atomic E-state index is -0.0437. The van der Waals surface area contributed by atoms with Crippen molar-refractivity contribution in [1.82, 2.24) is 14.9 Å². The van der Waals surface area contributed by atoms with E-state index in [1.165, 1.54) is 0 Å². The maximum absolute atomic E-state index is 12.0. The molecule has 0 fully saturated rings. The smallest absolute Gasteiger partial charge is 0.267 e. The Balaban J connectivity index is 1.91. The van der Waals surface area contributed by atoms with Crippen molar-refractivity contribution < 1.29 is 4.79 Å². The van der Waals surface area contributed by atoms with E-state index in [0.29, 0.717) is 12.2 Å². The number of aryl methyl sites for hydroxylation is 1. The Morgan fingerprint density at radius 2 is 2.44 bits per heavy atom. The largest absolute Gasteiger partial charge is 0.350 e. The van der Waals surface area contributed by atoms with Crippen molar-refractivity contribution >= 4 is 33.2 Å². The molecular weight excluding hydrogens is 314 g/mol. The third-order valence-electron chi connectivity index (χ3n) is 2.59. The van der Waals surface area contributed by atoms with Crippen molar-refractivity contribution in [3.05, 3.63) is 39.0 Å². The number of nitrogens with one attached hydrogen (secondary N) is 1. The summed E-state index contributed by atoms with van der Waals surface area (Å²) in [6, 6.07) is 1.83. The minimum Gasteiger partial charge on any atom is -0.350 e. The lowest BCUT2D eigenvalue weighted by molar-refractivity contribution is 0.0945. The van der Waals surface area contributed by atoms with Crippen molar-refractivity contribution in [1.29, 1.82) is 0 Å². The summed E-state index contributed by atoms with van der Waals surface area (Å²) in [7, 11) is 0. The number of carbonyl (C=O) groups excluding carboxylic acids is 1. The molecule has 96 valence electrons. The Bertz CT molecular complexity index is 521. The van der Waals surface area contributed by atoms with Gasteiger partial charge in [0, 0.05) is 35.6 Å². The number of halogens is 1. The fourth-order valence-electron chi connectivity index (χ4n) is 1.68. The van der Waals surface area contributed by atoms with Crippen LogP contribution in [0.4, 0.5) is 0 Å². The average Bonchev–Trinajstić information content (AvgIpc) is 2.98. The number of amides is 1. The van der Waals surface area contributed by atoms with Gasteiger partial charge in [0.15, 0.2) is 0 Å². The highest BCUT2D eigenvalue weighted by Gasteiger charge is 2.11. The summed E-state index contributed by atoms with van der Waals surface area (Å²) >= 11 is 4.95. The van der Waals surface area contributed by atoms with Crippen LogP contribution in [-0.2, 0) is 13.0 Å². The first-order valence-corrected chi connectivity index (χ1v) is 7.45. The molecule has 0 saturated carbocycles. The summed E-state index contributed by atoms with van der Waals surface area (Å²) in [5.41, 5.74) is 3.51. The van der Waals surface area contributed by atoms with Gasteiger partial charge in [0.05, 0.1) is 11.2 Å². The molecule has 18 heavy (non-hydrogen) atoms. The third kappa shape index (κ3) is 3.20. The molecule has 0 saturated heterocycles. The number of carbonyl (C=O) groups is 1. The number of hydrogen-bond donors (Lipinski definition) is 1. The topological polar surface area (TPSA) is 46.9 Å². The number of nitrogens with zero attached hydrogens (tertiary/aromatic N) is 2. The van der Waals surface area contributed by atoms with Gasteiger partial charge in [0.2, 0.25) is 0 Å². The Morgan fingerprint density at radius 3 is 3.11 bits per heavy atom. The van der Waals surface area contributed by atoms with Gasteiger partial charge in [-0.3, -0.25) is 4.79 Å². The number of thiazole rings is 1. The number of hydrogen-bond acceptors (Lipinski definition) is 3. The van der Waals surface area contributed by atoms with E-state index < -0.39 is 0 Å². The van der Waals surface area contributed by atoms with E-state index >= 15 is 0 Å². The van der Waals surface area contributed by atoms with Gasteiger partial charge >= 0.3 is 0 Å². The second-order valence-corrected chi connectivity index (χ2v) is 5.45. The van der Waals surface area contributed by atoms with Crippen LogP contribution in [0, 0.1) is 0 Å². The van der Waals surface area contributed by atoms with Crippen molar-refractivity contribution in [3.8, 4) is 0 Å². The van der Waals surface area contributed by atoms with Crippen molar-refractivity contribution in [2.75, 3.05) is 6.54 Å². The van der Waals surface area contributed by atoms with Crippen LogP contribution in [0.3, 0.4) is 0 Å². The van der Waals surface area contributed by atoms with Crippen LogP contribution in [0.25, 0.3) is 0 Å². The first-order chi connectivity index (χ1) is 8.70. The van der Waals surface area contributed by atoms with E-state index in [-0.39, 0.29) is 5.91 Å². The SMILES string of the molecule is CCn1cc(Br)cc1C(=O)NCCc1cscn1. The highest BCUT2D eigenvalue weighted by atomic mass is 79.9. The second-order valence-electron chi connectivity index (χ2n) is 3.82. The molecule has 0 aliphatic rings. The Morgan fingerprint density at radius 1 is 1.61 bits per heavy atom. The molecule has 4 nitrogen and oxygen atoms in total. The lowest BCUT2D eigenvalue weighted by Crippen LogP contribution is -2.27. The Kier molecular flexibility index (Phi) is 4.54. The highest BCUT2D eigenvalue weighted by Crippen LogP contribution is 2.14. The molecule has 2 heterocycles. The van der Waals surface area contributed by atoms with E-state index in [9.17, 15) is 4.79 Å². The van der Waals surface area contributed by atoms with E-state index in [4.69, 9.17) is 0 Å².